The SMILES string of the molecule is Cc1ccccc1C(=O)NC(Cc1ccccc1)C(=O)Nc1cccc2c1ncn2C. The number of fused-ring (bicyclic) bond motifs is 1. The van der Waals surface area contributed by atoms with E-state index in [4.69, 9.17) is 0 Å². The van der Waals surface area contributed by atoms with Crippen molar-refractivity contribution in [2.45, 2.75) is 19.4 Å². The Hall–Kier alpha value is -3.93. The highest BCUT2D eigenvalue weighted by Crippen LogP contribution is 2.21. The summed E-state index contributed by atoms with van der Waals surface area (Å²) in [6.45, 7) is 1.88. The standard InChI is InChI=1S/C25H24N4O2/c1-17-9-6-7-12-19(17)24(30)28-21(15-18-10-4-3-5-11-18)25(31)27-20-13-8-14-22-23(20)26-16-29(22)2/h3-14,16,21H,15H2,1-2H3,(H,27,31)(H,28,30). The Labute approximate surface area is 180 Å². The molecule has 1 atom stereocenters. The normalized spacial score (nSPS) is 11.8. The molecule has 0 radical (unpaired) electrons. The molecule has 0 saturated heterocycles. The van der Waals surface area contributed by atoms with Gasteiger partial charge in [-0.1, -0.05) is 54.6 Å². The van der Waals surface area contributed by atoms with Crippen LogP contribution in [0.5, 0.6) is 0 Å². The summed E-state index contributed by atoms with van der Waals surface area (Å²) in [5.74, 6) is -0.561. The summed E-state index contributed by atoms with van der Waals surface area (Å²) in [5.41, 5.74) is 4.62. The van der Waals surface area contributed by atoms with Crippen molar-refractivity contribution in [1.82, 2.24) is 14.9 Å². The zero-order valence-electron chi connectivity index (χ0n) is 17.5. The van der Waals surface area contributed by atoms with Crippen LogP contribution in [0.4, 0.5) is 5.69 Å². The summed E-state index contributed by atoms with van der Waals surface area (Å²) in [7, 11) is 1.90. The maximum atomic E-state index is 13.3. The van der Waals surface area contributed by atoms with Crippen LogP contribution in [0, 0.1) is 6.92 Å². The van der Waals surface area contributed by atoms with Gasteiger partial charge in [-0.25, -0.2) is 4.98 Å². The van der Waals surface area contributed by atoms with Gasteiger partial charge in [0.15, 0.2) is 0 Å². The van der Waals surface area contributed by atoms with Crippen molar-refractivity contribution in [2.75, 3.05) is 5.32 Å². The molecule has 0 saturated carbocycles. The average Bonchev–Trinajstić information content (AvgIpc) is 3.16. The molecule has 0 aliphatic carbocycles. The van der Waals surface area contributed by atoms with Gasteiger partial charge in [0.25, 0.3) is 5.91 Å². The minimum Gasteiger partial charge on any atom is -0.340 e. The van der Waals surface area contributed by atoms with E-state index in [2.05, 4.69) is 15.6 Å². The number of nitrogens with zero attached hydrogens (tertiary/aromatic N) is 2. The number of hydrogen-bond acceptors (Lipinski definition) is 3. The molecule has 1 heterocycles. The fourth-order valence-corrected chi connectivity index (χ4v) is 3.60. The third-order valence-electron chi connectivity index (χ3n) is 5.31. The third kappa shape index (κ3) is 4.48. The molecule has 2 N–H and O–H groups in total. The molecule has 4 aromatic rings. The lowest BCUT2D eigenvalue weighted by molar-refractivity contribution is -0.118. The Morgan fingerprint density at radius 1 is 0.968 bits per heavy atom. The number of carbonyl (C=O) groups is 2. The van der Waals surface area contributed by atoms with Crippen LogP contribution in [0.15, 0.2) is 79.1 Å². The number of rotatable bonds is 6. The first-order chi connectivity index (χ1) is 15.0. The number of anilines is 1. The van der Waals surface area contributed by atoms with Crippen molar-refractivity contribution < 1.29 is 9.59 Å². The van der Waals surface area contributed by atoms with Crippen LogP contribution in [0.3, 0.4) is 0 Å². The van der Waals surface area contributed by atoms with Gasteiger partial charge in [-0.15, -0.1) is 0 Å². The molecule has 31 heavy (non-hydrogen) atoms. The van der Waals surface area contributed by atoms with E-state index in [1.165, 1.54) is 0 Å². The monoisotopic (exact) mass is 412 g/mol. The van der Waals surface area contributed by atoms with E-state index < -0.39 is 6.04 Å². The van der Waals surface area contributed by atoms with Gasteiger partial charge in [-0.05, 0) is 36.2 Å². The Balaban J connectivity index is 1.60. The van der Waals surface area contributed by atoms with E-state index in [1.54, 1.807) is 12.4 Å². The molecule has 0 bridgehead atoms. The van der Waals surface area contributed by atoms with Crippen LogP contribution in [0.25, 0.3) is 11.0 Å². The van der Waals surface area contributed by atoms with Crippen LogP contribution in [-0.4, -0.2) is 27.4 Å². The molecule has 6 nitrogen and oxygen atoms in total. The number of aromatic nitrogens is 2. The predicted molar refractivity (Wildman–Crippen MR) is 122 cm³/mol. The Morgan fingerprint density at radius 3 is 2.48 bits per heavy atom. The van der Waals surface area contributed by atoms with Crippen LogP contribution in [0.2, 0.25) is 0 Å². The number of nitrogens with one attached hydrogen (secondary N) is 2. The number of imidazole rings is 1. The highest BCUT2D eigenvalue weighted by atomic mass is 16.2. The minimum absolute atomic E-state index is 0.273. The van der Waals surface area contributed by atoms with Crippen molar-refractivity contribution >= 4 is 28.5 Å². The van der Waals surface area contributed by atoms with Crippen molar-refractivity contribution in [3.63, 3.8) is 0 Å². The molecule has 156 valence electrons. The van der Waals surface area contributed by atoms with Gasteiger partial charge in [0.2, 0.25) is 5.91 Å². The van der Waals surface area contributed by atoms with E-state index >= 15 is 0 Å². The smallest absolute Gasteiger partial charge is 0.252 e. The first kappa shape index (κ1) is 20.3. The number of benzene rings is 3. The molecular weight excluding hydrogens is 388 g/mol. The largest absolute Gasteiger partial charge is 0.340 e. The lowest BCUT2D eigenvalue weighted by Crippen LogP contribution is -2.45. The predicted octanol–water partition coefficient (Wildman–Crippen LogP) is 3.86. The van der Waals surface area contributed by atoms with Crippen molar-refractivity contribution in [3.8, 4) is 0 Å². The van der Waals surface area contributed by atoms with E-state index in [0.717, 1.165) is 16.6 Å². The number of aryl methyl sites for hydroxylation is 2. The van der Waals surface area contributed by atoms with E-state index in [1.807, 2.05) is 85.3 Å². The fraction of sp³-hybridized carbons (Fsp3) is 0.160. The van der Waals surface area contributed by atoms with Gasteiger partial charge < -0.3 is 15.2 Å². The molecule has 3 aromatic carbocycles. The zero-order chi connectivity index (χ0) is 21.8. The van der Waals surface area contributed by atoms with Gasteiger partial charge in [0, 0.05) is 19.0 Å². The lowest BCUT2D eigenvalue weighted by Gasteiger charge is -2.19. The van der Waals surface area contributed by atoms with Crippen LogP contribution >= 0.6 is 0 Å². The van der Waals surface area contributed by atoms with Gasteiger partial charge >= 0.3 is 0 Å². The second-order valence-corrected chi connectivity index (χ2v) is 7.55. The van der Waals surface area contributed by atoms with Crippen LogP contribution in [-0.2, 0) is 18.3 Å². The molecule has 0 aliphatic rings. The molecule has 0 fully saturated rings. The third-order valence-corrected chi connectivity index (χ3v) is 5.31. The molecule has 1 unspecified atom stereocenters. The number of hydrogen-bond donors (Lipinski definition) is 2. The van der Waals surface area contributed by atoms with Crippen molar-refractivity contribution in [2.24, 2.45) is 7.05 Å². The second kappa shape index (κ2) is 8.83. The number of amides is 2. The van der Waals surface area contributed by atoms with Gasteiger partial charge in [0.05, 0.1) is 17.5 Å². The fourth-order valence-electron chi connectivity index (χ4n) is 3.60. The first-order valence-electron chi connectivity index (χ1n) is 10.1. The number of para-hydroxylation sites is 1. The highest BCUT2D eigenvalue weighted by molar-refractivity contribution is 6.05. The summed E-state index contributed by atoms with van der Waals surface area (Å²) in [4.78, 5) is 30.6. The second-order valence-electron chi connectivity index (χ2n) is 7.55. The zero-order valence-corrected chi connectivity index (χ0v) is 17.5. The average molecular weight is 412 g/mol. The van der Waals surface area contributed by atoms with E-state index in [-0.39, 0.29) is 11.8 Å². The van der Waals surface area contributed by atoms with Gasteiger partial charge in [0.1, 0.15) is 11.6 Å². The Bertz CT molecular complexity index is 1230. The maximum Gasteiger partial charge on any atom is 0.252 e. The molecular formula is C25H24N4O2. The first-order valence-corrected chi connectivity index (χ1v) is 10.1. The lowest BCUT2D eigenvalue weighted by atomic mass is 10.0. The maximum absolute atomic E-state index is 13.3. The molecule has 6 heteroatoms. The Kier molecular flexibility index (Phi) is 5.80. The Morgan fingerprint density at radius 2 is 1.71 bits per heavy atom. The highest BCUT2D eigenvalue weighted by Gasteiger charge is 2.23. The van der Waals surface area contributed by atoms with E-state index in [9.17, 15) is 9.59 Å². The molecule has 0 aliphatic heterocycles. The van der Waals surface area contributed by atoms with Crippen molar-refractivity contribution in [3.05, 3.63) is 95.8 Å². The quantitative estimate of drug-likeness (QED) is 0.505. The summed E-state index contributed by atoms with van der Waals surface area (Å²) in [6, 6.07) is 21.9. The van der Waals surface area contributed by atoms with Crippen LogP contribution in [0.1, 0.15) is 21.5 Å². The minimum atomic E-state index is -0.742. The van der Waals surface area contributed by atoms with Gasteiger partial charge in [-0.3, -0.25) is 9.59 Å². The molecule has 1 aromatic heterocycles. The molecule has 0 spiro atoms. The topological polar surface area (TPSA) is 76.0 Å². The number of carbonyl (C=O) groups excluding carboxylic acids is 2. The molecule has 2 amide bonds. The summed E-state index contributed by atoms with van der Waals surface area (Å²) < 4.78 is 1.90. The molecule has 4 rings (SSSR count). The van der Waals surface area contributed by atoms with Gasteiger partial charge in [-0.2, -0.15) is 0 Å². The summed E-state index contributed by atoms with van der Waals surface area (Å²) in [5, 5.41) is 5.88. The van der Waals surface area contributed by atoms with Crippen LogP contribution < -0.4 is 10.6 Å². The van der Waals surface area contributed by atoms with Crippen molar-refractivity contribution in [1.29, 1.82) is 0 Å². The summed E-state index contributed by atoms with van der Waals surface area (Å²) in [6.07, 6.45) is 2.09. The summed E-state index contributed by atoms with van der Waals surface area (Å²) >= 11 is 0. The van der Waals surface area contributed by atoms with E-state index in [0.29, 0.717) is 23.2 Å².